The summed E-state index contributed by atoms with van der Waals surface area (Å²) >= 11 is 0. The molecular formula is C25H26FN7O. The molecule has 1 aromatic carbocycles. The Morgan fingerprint density at radius 2 is 2.12 bits per heavy atom. The summed E-state index contributed by atoms with van der Waals surface area (Å²) < 4.78 is 21.6. The van der Waals surface area contributed by atoms with Gasteiger partial charge in [-0.1, -0.05) is 0 Å². The standard InChI is InChI=1S/C25H26FN7O/c1-17-10-19(26)12-22(11-17)34-21-4-8-32(9-5-21)15-20(2-6-27)33-14-18(13-31-33)24-23-3-7-28-25(23)30-16-29-24/h3,7,10-14,16,20-21H,2,4-5,8-9,15H2,1H3,(H,28,29,30). The lowest BCUT2D eigenvalue weighted by atomic mass is 10.1. The number of rotatable bonds is 7. The highest BCUT2D eigenvalue weighted by Gasteiger charge is 2.24. The maximum atomic E-state index is 13.7. The molecule has 4 heterocycles. The second-order valence-electron chi connectivity index (χ2n) is 8.77. The number of nitrogens with one attached hydrogen (secondary N) is 1. The minimum Gasteiger partial charge on any atom is -0.490 e. The molecule has 174 valence electrons. The van der Waals surface area contributed by atoms with Gasteiger partial charge in [0.15, 0.2) is 0 Å². The molecule has 3 aromatic heterocycles. The smallest absolute Gasteiger partial charge is 0.141 e. The predicted octanol–water partition coefficient (Wildman–Crippen LogP) is 4.27. The number of aromatic amines is 1. The molecule has 1 N–H and O–H groups in total. The van der Waals surface area contributed by atoms with Crippen LogP contribution >= 0.6 is 0 Å². The van der Waals surface area contributed by atoms with Crippen molar-refractivity contribution in [1.82, 2.24) is 29.6 Å². The van der Waals surface area contributed by atoms with Crippen LogP contribution in [0.3, 0.4) is 0 Å². The van der Waals surface area contributed by atoms with Gasteiger partial charge < -0.3 is 14.6 Å². The summed E-state index contributed by atoms with van der Waals surface area (Å²) in [4.78, 5) is 14.1. The fourth-order valence-corrected chi connectivity index (χ4v) is 4.58. The predicted molar refractivity (Wildman–Crippen MR) is 126 cm³/mol. The Morgan fingerprint density at radius 1 is 1.26 bits per heavy atom. The van der Waals surface area contributed by atoms with Crippen LogP contribution in [-0.4, -0.2) is 55.4 Å². The zero-order valence-electron chi connectivity index (χ0n) is 19.0. The first-order valence-electron chi connectivity index (χ1n) is 11.4. The number of piperidine rings is 1. The van der Waals surface area contributed by atoms with Crippen LogP contribution in [0.25, 0.3) is 22.3 Å². The van der Waals surface area contributed by atoms with Gasteiger partial charge >= 0.3 is 0 Å². The van der Waals surface area contributed by atoms with Gasteiger partial charge in [-0.05, 0) is 43.5 Å². The molecule has 5 rings (SSSR count). The van der Waals surface area contributed by atoms with E-state index in [4.69, 9.17) is 4.74 Å². The maximum absolute atomic E-state index is 13.7. The van der Waals surface area contributed by atoms with Gasteiger partial charge in [-0.15, -0.1) is 0 Å². The number of nitriles is 1. The number of aryl methyl sites for hydroxylation is 1. The van der Waals surface area contributed by atoms with E-state index in [9.17, 15) is 9.65 Å². The van der Waals surface area contributed by atoms with Gasteiger partial charge in [0.2, 0.25) is 0 Å². The van der Waals surface area contributed by atoms with Gasteiger partial charge in [-0.2, -0.15) is 10.4 Å². The number of halogens is 1. The van der Waals surface area contributed by atoms with Gasteiger partial charge in [-0.25, -0.2) is 14.4 Å². The molecule has 0 radical (unpaired) electrons. The molecular weight excluding hydrogens is 433 g/mol. The van der Waals surface area contributed by atoms with Crippen molar-refractivity contribution in [3.05, 3.63) is 60.6 Å². The van der Waals surface area contributed by atoms with E-state index in [0.717, 1.165) is 60.3 Å². The Balaban J connectivity index is 1.23. The lowest BCUT2D eigenvalue weighted by Gasteiger charge is -2.34. The number of likely N-dealkylation sites (tertiary alicyclic amines) is 1. The number of H-pyrrole nitrogens is 1. The summed E-state index contributed by atoms with van der Waals surface area (Å²) in [5.41, 5.74) is 3.35. The second-order valence-corrected chi connectivity index (χ2v) is 8.77. The Morgan fingerprint density at radius 3 is 2.91 bits per heavy atom. The number of fused-ring (bicyclic) bond motifs is 1. The van der Waals surface area contributed by atoms with Crippen LogP contribution in [0.5, 0.6) is 5.75 Å². The zero-order chi connectivity index (χ0) is 23.5. The molecule has 0 saturated carbocycles. The van der Waals surface area contributed by atoms with Crippen molar-refractivity contribution in [2.75, 3.05) is 19.6 Å². The number of ether oxygens (including phenoxy) is 1. The fraction of sp³-hybridized carbons (Fsp3) is 0.360. The average molecular weight is 460 g/mol. The molecule has 9 heteroatoms. The van der Waals surface area contributed by atoms with Gasteiger partial charge in [0.05, 0.1) is 30.4 Å². The largest absolute Gasteiger partial charge is 0.490 e. The molecule has 0 bridgehead atoms. The topological polar surface area (TPSA) is 95.6 Å². The lowest BCUT2D eigenvalue weighted by molar-refractivity contribution is 0.0909. The van der Waals surface area contributed by atoms with E-state index in [1.54, 1.807) is 6.20 Å². The van der Waals surface area contributed by atoms with Crippen molar-refractivity contribution < 1.29 is 9.13 Å². The highest BCUT2D eigenvalue weighted by molar-refractivity contribution is 5.89. The Labute approximate surface area is 197 Å². The molecule has 4 aromatic rings. The number of hydrogen-bond donors (Lipinski definition) is 1. The van der Waals surface area contributed by atoms with E-state index in [1.165, 1.54) is 18.5 Å². The molecule has 1 fully saturated rings. The van der Waals surface area contributed by atoms with Crippen LogP contribution in [0.2, 0.25) is 0 Å². The Kier molecular flexibility index (Phi) is 6.23. The number of hydrogen-bond acceptors (Lipinski definition) is 6. The first-order valence-corrected chi connectivity index (χ1v) is 11.4. The number of benzene rings is 1. The maximum Gasteiger partial charge on any atom is 0.141 e. The minimum absolute atomic E-state index is 0.0599. The summed E-state index contributed by atoms with van der Waals surface area (Å²) in [5, 5.41) is 14.9. The first kappa shape index (κ1) is 22.0. The fourth-order valence-electron chi connectivity index (χ4n) is 4.58. The molecule has 0 aliphatic carbocycles. The SMILES string of the molecule is Cc1cc(F)cc(OC2CCN(CC(CC#N)n3cc(-c4ncnc5[nH]ccc45)cn3)CC2)c1. The highest BCUT2D eigenvalue weighted by atomic mass is 19.1. The van der Waals surface area contributed by atoms with Crippen molar-refractivity contribution in [2.24, 2.45) is 0 Å². The van der Waals surface area contributed by atoms with E-state index in [-0.39, 0.29) is 18.0 Å². The Bertz CT molecular complexity index is 1300. The normalized spacial score (nSPS) is 15.9. The third kappa shape index (κ3) is 4.77. The quantitative estimate of drug-likeness (QED) is 0.444. The summed E-state index contributed by atoms with van der Waals surface area (Å²) in [6, 6.07) is 9.00. The van der Waals surface area contributed by atoms with Crippen LogP contribution < -0.4 is 4.74 Å². The van der Waals surface area contributed by atoms with Gasteiger partial charge in [0.1, 0.15) is 29.6 Å². The van der Waals surface area contributed by atoms with Crippen molar-refractivity contribution >= 4 is 11.0 Å². The van der Waals surface area contributed by atoms with Crippen molar-refractivity contribution in [3.8, 4) is 23.1 Å². The first-order chi connectivity index (χ1) is 16.6. The monoisotopic (exact) mass is 459 g/mol. The summed E-state index contributed by atoms with van der Waals surface area (Å²) in [5.74, 6) is 0.313. The Hall–Kier alpha value is -3.77. The van der Waals surface area contributed by atoms with Crippen molar-refractivity contribution in [1.29, 1.82) is 5.26 Å². The van der Waals surface area contributed by atoms with Crippen LogP contribution in [0, 0.1) is 24.1 Å². The molecule has 8 nitrogen and oxygen atoms in total. The minimum atomic E-state index is -0.274. The number of aromatic nitrogens is 5. The average Bonchev–Trinajstić information content (AvgIpc) is 3.49. The summed E-state index contributed by atoms with van der Waals surface area (Å²) in [6.07, 6.45) is 9.26. The van der Waals surface area contributed by atoms with Gasteiger partial charge in [0, 0.05) is 49.0 Å². The van der Waals surface area contributed by atoms with Crippen LogP contribution in [0.1, 0.15) is 30.9 Å². The van der Waals surface area contributed by atoms with Gasteiger partial charge in [-0.3, -0.25) is 4.68 Å². The van der Waals surface area contributed by atoms with Crippen LogP contribution in [0.15, 0.2) is 49.2 Å². The van der Waals surface area contributed by atoms with E-state index < -0.39 is 0 Å². The summed E-state index contributed by atoms with van der Waals surface area (Å²) in [7, 11) is 0. The third-order valence-corrected chi connectivity index (χ3v) is 6.25. The molecule has 0 spiro atoms. The van der Waals surface area contributed by atoms with E-state index in [1.807, 2.05) is 36.1 Å². The van der Waals surface area contributed by atoms with Crippen LogP contribution in [0.4, 0.5) is 4.39 Å². The van der Waals surface area contributed by atoms with E-state index in [2.05, 4.69) is 31.0 Å². The molecule has 1 unspecified atom stereocenters. The molecule has 1 atom stereocenters. The van der Waals surface area contributed by atoms with Crippen molar-refractivity contribution in [2.45, 2.75) is 38.3 Å². The highest BCUT2D eigenvalue weighted by Crippen LogP contribution is 2.27. The lowest BCUT2D eigenvalue weighted by Crippen LogP contribution is -2.41. The molecule has 0 amide bonds. The van der Waals surface area contributed by atoms with Gasteiger partial charge in [0.25, 0.3) is 0 Å². The van der Waals surface area contributed by atoms with Crippen molar-refractivity contribution in [3.63, 3.8) is 0 Å². The van der Waals surface area contributed by atoms with E-state index in [0.29, 0.717) is 12.2 Å². The van der Waals surface area contributed by atoms with E-state index >= 15 is 0 Å². The molecule has 1 saturated heterocycles. The number of nitrogens with zero attached hydrogens (tertiary/aromatic N) is 6. The third-order valence-electron chi connectivity index (χ3n) is 6.25. The van der Waals surface area contributed by atoms with Crippen LogP contribution in [-0.2, 0) is 0 Å². The summed E-state index contributed by atoms with van der Waals surface area (Å²) in [6.45, 7) is 4.29. The second kappa shape index (κ2) is 9.61. The molecule has 1 aliphatic heterocycles. The molecule has 1 aliphatic rings. The molecule has 34 heavy (non-hydrogen) atoms. The zero-order valence-corrected chi connectivity index (χ0v) is 19.0.